The molecule has 18 heavy (non-hydrogen) atoms. The third kappa shape index (κ3) is 2.42. The quantitative estimate of drug-likeness (QED) is 0.943. The van der Waals surface area contributed by atoms with Gasteiger partial charge in [0.1, 0.15) is 11.6 Å². The van der Waals surface area contributed by atoms with E-state index in [1.165, 1.54) is 0 Å². The molecule has 0 saturated carbocycles. The van der Waals surface area contributed by atoms with Crippen LogP contribution >= 0.6 is 15.9 Å². The molecule has 0 saturated heterocycles. The van der Waals surface area contributed by atoms with Gasteiger partial charge >= 0.3 is 0 Å². The highest BCUT2D eigenvalue weighted by atomic mass is 79.9. The summed E-state index contributed by atoms with van der Waals surface area (Å²) in [6.45, 7) is 0.597. The molecule has 0 radical (unpaired) electrons. The fourth-order valence-electron chi connectivity index (χ4n) is 1.94. The number of benzene rings is 1. The molecular formula is C13H16BrN3O. The van der Waals surface area contributed by atoms with Gasteiger partial charge in [0.2, 0.25) is 0 Å². The fourth-order valence-corrected chi connectivity index (χ4v) is 2.30. The predicted octanol–water partition coefficient (Wildman–Crippen LogP) is 2.36. The lowest BCUT2D eigenvalue weighted by Gasteiger charge is -2.10. The zero-order valence-corrected chi connectivity index (χ0v) is 12.1. The summed E-state index contributed by atoms with van der Waals surface area (Å²) in [5.74, 6) is 1.81. The lowest BCUT2D eigenvalue weighted by molar-refractivity contribution is 0.416. The molecule has 1 heterocycles. The van der Waals surface area contributed by atoms with Gasteiger partial charge in [0.15, 0.2) is 0 Å². The van der Waals surface area contributed by atoms with Crippen molar-refractivity contribution in [2.24, 2.45) is 12.8 Å². The summed E-state index contributed by atoms with van der Waals surface area (Å²) in [7, 11) is 3.66. The summed E-state index contributed by atoms with van der Waals surface area (Å²) in [5, 5.41) is 0. The molecule has 5 heteroatoms. The van der Waals surface area contributed by atoms with Crippen molar-refractivity contribution in [2.75, 3.05) is 13.7 Å². The zero-order valence-electron chi connectivity index (χ0n) is 10.5. The van der Waals surface area contributed by atoms with Crippen LogP contribution in [-0.4, -0.2) is 23.2 Å². The Bertz CT molecular complexity index is 551. The molecular weight excluding hydrogens is 294 g/mol. The van der Waals surface area contributed by atoms with Crippen LogP contribution in [0.15, 0.2) is 28.9 Å². The van der Waals surface area contributed by atoms with E-state index in [0.717, 1.165) is 33.7 Å². The van der Waals surface area contributed by atoms with Crippen molar-refractivity contribution in [1.29, 1.82) is 0 Å². The minimum atomic E-state index is 0.597. The Hall–Kier alpha value is -1.33. The number of aromatic nitrogens is 2. The Kier molecular flexibility index (Phi) is 4.04. The normalized spacial score (nSPS) is 10.7. The van der Waals surface area contributed by atoms with E-state index in [4.69, 9.17) is 10.5 Å². The van der Waals surface area contributed by atoms with E-state index < -0.39 is 0 Å². The second kappa shape index (κ2) is 5.54. The highest BCUT2D eigenvalue weighted by molar-refractivity contribution is 9.10. The Balaban J connectivity index is 2.51. The van der Waals surface area contributed by atoms with Crippen molar-refractivity contribution in [1.82, 2.24) is 9.55 Å². The van der Waals surface area contributed by atoms with Crippen LogP contribution in [0, 0.1) is 0 Å². The fraction of sp³-hybridized carbons (Fsp3) is 0.308. The van der Waals surface area contributed by atoms with Gasteiger partial charge < -0.3 is 15.0 Å². The molecule has 0 bridgehead atoms. The van der Waals surface area contributed by atoms with Crippen LogP contribution in [0.25, 0.3) is 11.3 Å². The Morgan fingerprint density at radius 2 is 2.22 bits per heavy atom. The standard InChI is InChI=1S/C13H16BrN3O/c1-17-11(8-16-13(17)5-6-15)10-7-9(14)3-4-12(10)18-2/h3-4,7-8H,5-6,15H2,1-2H3. The molecule has 1 aromatic heterocycles. The highest BCUT2D eigenvalue weighted by Gasteiger charge is 2.12. The van der Waals surface area contributed by atoms with E-state index in [1.807, 2.05) is 31.4 Å². The Morgan fingerprint density at radius 1 is 1.44 bits per heavy atom. The predicted molar refractivity (Wildman–Crippen MR) is 75.7 cm³/mol. The second-order valence-electron chi connectivity index (χ2n) is 4.00. The van der Waals surface area contributed by atoms with Gasteiger partial charge in [0.25, 0.3) is 0 Å². The maximum absolute atomic E-state index is 5.57. The molecule has 4 nitrogen and oxygen atoms in total. The summed E-state index contributed by atoms with van der Waals surface area (Å²) >= 11 is 3.48. The molecule has 96 valence electrons. The molecule has 2 aromatic rings. The highest BCUT2D eigenvalue weighted by Crippen LogP contribution is 2.32. The van der Waals surface area contributed by atoms with Crippen LogP contribution in [0.2, 0.25) is 0 Å². The van der Waals surface area contributed by atoms with Gasteiger partial charge in [-0.1, -0.05) is 15.9 Å². The molecule has 2 N–H and O–H groups in total. The van der Waals surface area contributed by atoms with Gasteiger partial charge in [-0.3, -0.25) is 0 Å². The third-order valence-corrected chi connectivity index (χ3v) is 3.38. The maximum atomic E-state index is 5.57. The van der Waals surface area contributed by atoms with Crippen LogP contribution < -0.4 is 10.5 Å². The van der Waals surface area contributed by atoms with Gasteiger partial charge in [-0.25, -0.2) is 4.98 Å². The number of ether oxygens (including phenoxy) is 1. The van der Waals surface area contributed by atoms with Crippen molar-refractivity contribution in [3.05, 3.63) is 34.7 Å². The topological polar surface area (TPSA) is 53.1 Å². The first kappa shape index (κ1) is 13.1. The van der Waals surface area contributed by atoms with E-state index >= 15 is 0 Å². The number of nitrogens with zero attached hydrogens (tertiary/aromatic N) is 2. The van der Waals surface area contributed by atoms with Crippen molar-refractivity contribution >= 4 is 15.9 Å². The zero-order chi connectivity index (χ0) is 13.1. The lowest BCUT2D eigenvalue weighted by atomic mass is 10.1. The van der Waals surface area contributed by atoms with E-state index in [2.05, 4.69) is 25.5 Å². The number of halogens is 1. The summed E-state index contributed by atoms with van der Waals surface area (Å²) in [5.41, 5.74) is 7.62. The van der Waals surface area contributed by atoms with E-state index in [9.17, 15) is 0 Å². The minimum absolute atomic E-state index is 0.597. The third-order valence-electron chi connectivity index (χ3n) is 2.89. The molecule has 0 aliphatic rings. The van der Waals surface area contributed by atoms with Crippen LogP contribution in [-0.2, 0) is 13.5 Å². The summed E-state index contributed by atoms with van der Waals surface area (Å²) in [4.78, 5) is 4.40. The van der Waals surface area contributed by atoms with Gasteiger partial charge in [-0.05, 0) is 24.7 Å². The van der Waals surface area contributed by atoms with Gasteiger partial charge in [0.05, 0.1) is 19.0 Å². The monoisotopic (exact) mass is 309 g/mol. The average Bonchev–Trinajstić information content (AvgIpc) is 2.72. The molecule has 0 unspecified atom stereocenters. The number of methoxy groups -OCH3 is 1. The van der Waals surface area contributed by atoms with Crippen molar-refractivity contribution in [3.63, 3.8) is 0 Å². The average molecular weight is 310 g/mol. The summed E-state index contributed by atoms with van der Waals surface area (Å²) in [6.07, 6.45) is 2.63. The molecule has 0 fully saturated rings. The number of rotatable bonds is 4. The molecule has 0 atom stereocenters. The van der Waals surface area contributed by atoms with E-state index in [-0.39, 0.29) is 0 Å². The first-order valence-electron chi connectivity index (χ1n) is 5.72. The number of hydrogen-bond donors (Lipinski definition) is 1. The van der Waals surface area contributed by atoms with Gasteiger partial charge in [-0.15, -0.1) is 0 Å². The Labute approximate surface area is 115 Å². The van der Waals surface area contributed by atoms with Crippen LogP contribution in [0.1, 0.15) is 5.82 Å². The molecule has 0 aliphatic carbocycles. The van der Waals surface area contributed by atoms with Crippen molar-refractivity contribution in [2.45, 2.75) is 6.42 Å². The van der Waals surface area contributed by atoms with Crippen LogP contribution in [0.5, 0.6) is 5.75 Å². The van der Waals surface area contributed by atoms with E-state index in [1.54, 1.807) is 7.11 Å². The molecule has 0 spiro atoms. The lowest BCUT2D eigenvalue weighted by Crippen LogP contribution is -2.08. The SMILES string of the molecule is COc1ccc(Br)cc1-c1cnc(CCN)n1C. The number of nitrogens with two attached hydrogens (primary N) is 1. The first-order valence-corrected chi connectivity index (χ1v) is 6.51. The molecule has 0 amide bonds. The van der Waals surface area contributed by atoms with Gasteiger partial charge in [0, 0.05) is 23.5 Å². The molecule has 0 aliphatic heterocycles. The number of imidazole rings is 1. The largest absolute Gasteiger partial charge is 0.496 e. The van der Waals surface area contributed by atoms with Crippen LogP contribution in [0.4, 0.5) is 0 Å². The Morgan fingerprint density at radius 3 is 2.89 bits per heavy atom. The van der Waals surface area contributed by atoms with Crippen molar-refractivity contribution in [3.8, 4) is 17.0 Å². The smallest absolute Gasteiger partial charge is 0.128 e. The van der Waals surface area contributed by atoms with E-state index in [0.29, 0.717) is 6.54 Å². The van der Waals surface area contributed by atoms with Crippen molar-refractivity contribution < 1.29 is 4.74 Å². The first-order chi connectivity index (χ1) is 8.67. The number of hydrogen-bond acceptors (Lipinski definition) is 3. The molecule has 2 rings (SSSR count). The summed E-state index contributed by atoms with van der Waals surface area (Å²) in [6, 6.07) is 5.93. The summed E-state index contributed by atoms with van der Waals surface area (Å²) < 4.78 is 8.46. The maximum Gasteiger partial charge on any atom is 0.128 e. The second-order valence-corrected chi connectivity index (χ2v) is 4.92. The van der Waals surface area contributed by atoms with Gasteiger partial charge in [-0.2, -0.15) is 0 Å². The molecule has 1 aromatic carbocycles. The van der Waals surface area contributed by atoms with Crippen LogP contribution in [0.3, 0.4) is 0 Å². The minimum Gasteiger partial charge on any atom is -0.496 e.